The molecule has 0 saturated carbocycles. The van der Waals surface area contributed by atoms with Gasteiger partial charge in [0.1, 0.15) is 5.41 Å². The highest BCUT2D eigenvalue weighted by atomic mass is 16.2. The van der Waals surface area contributed by atoms with Crippen molar-refractivity contribution < 1.29 is 9.59 Å². The molecule has 4 rings (SSSR count). The minimum Gasteiger partial charge on any atom is -0.307 e. The van der Waals surface area contributed by atoms with Crippen molar-refractivity contribution in [3.8, 4) is 0 Å². The SMILES string of the molecule is [C-]#[N+]C1=C[C@]2(c3ccccc3)C(=O)N(c3ccnnc3)CC=C2C(C)(C)C1=O. The Morgan fingerprint density at radius 1 is 1.11 bits per heavy atom. The van der Waals surface area contributed by atoms with Gasteiger partial charge in [-0.3, -0.25) is 4.79 Å². The zero-order chi connectivity index (χ0) is 19.9. The summed E-state index contributed by atoms with van der Waals surface area (Å²) in [6, 6.07) is 11.0. The van der Waals surface area contributed by atoms with E-state index in [-0.39, 0.29) is 17.4 Å². The molecule has 1 aromatic heterocycles. The summed E-state index contributed by atoms with van der Waals surface area (Å²) in [7, 11) is 0. The van der Waals surface area contributed by atoms with Crippen molar-refractivity contribution in [2.45, 2.75) is 19.3 Å². The van der Waals surface area contributed by atoms with E-state index in [2.05, 4.69) is 15.0 Å². The van der Waals surface area contributed by atoms with Crippen LogP contribution in [0.4, 0.5) is 5.69 Å². The van der Waals surface area contributed by atoms with E-state index in [1.54, 1.807) is 24.8 Å². The van der Waals surface area contributed by atoms with Crippen molar-refractivity contribution in [2.75, 3.05) is 11.4 Å². The number of benzene rings is 1. The summed E-state index contributed by atoms with van der Waals surface area (Å²) in [4.78, 5) is 31.9. The summed E-state index contributed by atoms with van der Waals surface area (Å²) in [5.74, 6) is -0.460. The second kappa shape index (κ2) is 6.24. The Bertz CT molecular complexity index is 1060. The second-order valence-electron chi connectivity index (χ2n) is 7.40. The quantitative estimate of drug-likeness (QED) is 0.602. The van der Waals surface area contributed by atoms with Crippen LogP contribution < -0.4 is 4.90 Å². The third-order valence-electron chi connectivity index (χ3n) is 5.54. The van der Waals surface area contributed by atoms with Crippen LogP contribution in [0.15, 0.2) is 72.2 Å². The van der Waals surface area contributed by atoms with Crippen molar-refractivity contribution >= 4 is 17.4 Å². The highest BCUT2D eigenvalue weighted by Crippen LogP contribution is 2.52. The summed E-state index contributed by atoms with van der Waals surface area (Å²) in [5.41, 5.74) is -0.0957. The van der Waals surface area contributed by atoms with Crippen LogP contribution >= 0.6 is 0 Å². The average molecular weight is 370 g/mol. The minimum atomic E-state index is -1.21. The number of hydrogen-bond acceptors (Lipinski definition) is 4. The number of allylic oxidation sites excluding steroid dienone is 1. The first-order chi connectivity index (χ1) is 13.4. The molecule has 2 aromatic rings. The van der Waals surface area contributed by atoms with Crippen LogP contribution in [0.1, 0.15) is 19.4 Å². The van der Waals surface area contributed by atoms with Gasteiger partial charge >= 0.3 is 0 Å². The lowest BCUT2D eigenvalue weighted by Gasteiger charge is -2.48. The molecule has 6 nitrogen and oxygen atoms in total. The molecule has 28 heavy (non-hydrogen) atoms. The fourth-order valence-electron chi connectivity index (χ4n) is 4.17. The van der Waals surface area contributed by atoms with E-state index < -0.39 is 10.8 Å². The van der Waals surface area contributed by atoms with Crippen LogP contribution in [-0.4, -0.2) is 28.4 Å². The molecule has 2 heterocycles. The number of nitrogens with zero attached hydrogens (tertiary/aromatic N) is 4. The van der Waals surface area contributed by atoms with Gasteiger partial charge in [0.2, 0.25) is 11.6 Å². The lowest BCUT2D eigenvalue weighted by atomic mass is 9.57. The first-order valence-electron chi connectivity index (χ1n) is 8.93. The first-order valence-corrected chi connectivity index (χ1v) is 8.93. The van der Waals surface area contributed by atoms with Crippen LogP contribution in [0.25, 0.3) is 4.85 Å². The first kappa shape index (κ1) is 17.8. The summed E-state index contributed by atoms with van der Waals surface area (Å²) in [6.45, 7) is 11.4. The monoisotopic (exact) mass is 370 g/mol. The zero-order valence-corrected chi connectivity index (χ0v) is 15.6. The zero-order valence-electron chi connectivity index (χ0n) is 15.6. The molecule has 0 radical (unpaired) electrons. The Balaban J connectivity index is 2.03. The van der Waals surface area contributed by atoms with Crippen molar-refractivity contribution in [1.82, 2.24) is 10.2 Å². The molecule has 1 aliphatic carbocycles. The molecule has 1 aliphatic heterocycles. The topological polar surface area (TPSA) is 67.5 Å². The van der Waals surface area contributed by atoms with Gasteiger partial charge in [-0.2, -0.15) is 10.2 Å². The van der Waals surface area contributed by atoms with Crippen LogP contribution in [0.5, 0.6) is 0 Å². The van der Waals surface area contributed by atoms with Gasteiger partial charge in [-0.15, -0.1) is 0 Å². The third-order valence-corrected chi connectivity index (χ3v) is 5.54. The van der Waals surface area contributed by atoms with Gasteiger partial charge < -0.3 is 9.69 Å². The number of rotatable bonds is 2. The van der Waals surface area contributed by atoms with Gasteiger partial charge in [0.05, 0.1) is 24.7 Å². The predicted molar refractivity (Wildman–Crippen MR) is 104 cm³/mol. The van der Waals surface area contributed by atoms with E-state index >= 15 is 0 Å². The highest BCUT2D eigenvalue weighted by molar-refractivity contribution is 6.14. The Morgan fingerprint density at radius 2 is 1.86 bits per heavy atom. The third kappa shape index (κ3) is 2.33. The molecule has 1 aromatic carbocycles. The molecule has 0 fully saturated rings. The van der Waals surface area contributed by atoms with E-state index in [9.17, 15) is 9.59 Å². The van der Waals surface area contributed by atoms with Crippen LogP contribution in [0.3, 0.4) is 0 Å². The summed E-state index contributed by atoms with van der Waals surface area (Å²) in [6.07, 6.45) is 6.54. The number of carbonyl (C=O) groups excluding carboxylic acids is 2. The highest BCUT2D eigenvalue weighted by Gasteiger charge is 2.56. The van der Waals surface area contributed by atoms with E-state index in [0.29, 0.717) is 17.8 Å². The van der Waals surface area contributed by atoms with Crippen LogP contribution in [0, 0.1) is 12.0 Å². The standard InChI is InChI=1S/C22H18N4O2/c1-21(2)18-10-12-26(16-9-11-24-25-14-16)20(28)22(18,13-17(23-3)19(21)27)15-7-5-4-6-8-15/h4-11,13-14H,12H2,1-2H3/t22-/m1/s1. The van der Waals surface area contributed by atoms with E-state index in [1.165, 1.54) is 18.5 Å². The molecule has 0 bridgehead atoms. The molecule has 1 amide bonds. The predicted octanol–water partition coefficient (Wildman–Crippen LogP) is 3.10. The number of carbonyl (C=O) groups is 2. The largest absolute Gasteiger partial charge is 0.307 e. The molecule has 0 unspecified atom stereocenters. The van der Waals surface area contributed by atoms with Gasteiger partial charge in [-0.1, -0.05) is 56.3 Å². The van der Waals surface area contributed by atoms with E-state index in [0.717, 1.165) is 5.56 Å². The normalized spacial score (nSPS) is 23.4. The van der Waals surface area contributed by atoms with Crippen molar-refractivity contribution in [2.24, 2.45) is 5.41 Å². The number of amides is 1. The number of fused-ring (bicyclic) bond motifs is 1. The molecule has 1 atom stereocenters. The van der Waals surface area contributed by atoms with Gasteiger partial charge in [0.15, 0.2) is 5.78 Å². The fraction of sp³-hybridized carbons (Fsp3) is 0.227. The molecule has 6 heteroatoms. The van der Waals surface area contributed by atoms with Crippen molar-refractivity contribution in [3.05, 3.63) is 89.2 Å². The maximum absolute atomic E-state index is 13.9. The van der Waals surface area contributed by atoms with E-state index in [4.69, 9.17) is 6.57 Å². The minimum absolute atomic E-state index is 0.00550. The van der Waals surface area contributed by atoms with Crippen LogP contribution in [0.2, 0.25) is 0 Å². The Morgan fingerprint density at radius 3 is 2.50 bits per heavy atom. The fourth-order valence-corrected chi connectivity index (χ4v) is 4.17. The summed E-state index contributed by atoms with van der Waals surface area (Å²) >= 11 is 0. The number of anilines is 1. The van der Waals surface area contributed by atoms with E-state index in [1.807, 2.05) is 36.4 Å². The van der Waals surface area contributed by atoms with Gasteiger partial charge in [0, 0.05) is 12.0 Å². The molecular weight excluding hydrogens is 352 g/mol. The number of hydrogen-bond donors (Lipinski definition) is 0. The second-order valence-corrected chi connectivity index (χ2v) is 7.40. The summed E-state index contributed by atoms with van der Waals surface area (Å²) < 4.78 is 0. The average Bonchev–Trinajstić information content (AvgIpc) is 2.73. The lowest BCUT2D eigenvalue weighted by Crippen LogP contribution is -2.56. The number of aromatic nitrogens is 2. The Labute approximate surface area is 163 Å². The number of Topliss-reactive ketones (excluding diaryl/α,β-unsaturated/α-hetero) is 1. The van der Waals surface area contributed by atoms with Crippen molar-refractivity contribution in [1.29, 1.82) is 0 Å². The smallest absolute Gasteiger partial charge is 0.244 e. The maximum atomic E-state index is 13.9. The Kier molecular flexibility index (Phi) is 3.97. The molecule has 0 spiro atoms. The van der Waals surface area contributed by atoms with Gasteiger partial charge in [0.25, 0.3) is 0 Å². The van der Waals surface area contributed by atoms with Gasteiger partial charge in [-0.25, -0.2) is 4.85 Å². The lowest BCUT2D eigenvalue weighted by molar-refractivity contribution is -0.125. The molecule has 0 saturated heterocycles. The molecule has 2 aliphatic rings. The summed E-state index contributed by atoms with van der Waals surface area (Å²) in [5, 5.41) is 7.66. The molecule has 0 N–H and O–H groups in total. The molecular formula is C22H18N4O2. The Hall–Kier alpha value is -3.59. The number of ketones is 1. The maximum Gasteiger partial charge on any atom is 0.244 e. The van der Waals surface area contributed by atoms with Crippen LogP contribution in [-0.2, 0) is 15.0 Å². The van der Waals surface area contributed by atoms with Gasteiger partial charge in [-0.05, 0) is 17.2 Å². The molecule has 138 valence electrons. The van der Waals surface area contributed by atoms with Crippen molar-refractivity contribution in [3.63, 3.8) is 0 Å².